The van der Waals surface area contributed by atoms with Crippen LogP contribution in [0.15, 0.2) is 0 Å². The Morgan fingerprint density at radius 3 is 2.21 bits per heavy atom. The lowest BCUT2D eigenvalue weighted by Crippen LogP contribution is -2.44. The summed E-state index contributed by atoms with van der Waals surface area (Å²) in [5.41, 5.74) is 0. The van der Waals surface area contributed by atoms with Crippen molar-refractivity contribution in [2.24, 2.45) is 0 Å². The normalized spacial score (nSPS) is 12.6. The molecule has 0 aliphatic carbocycles. The van der Waals surface area contributed by atoms with Gasteiger partial charge in [0.25, 0.3) is 0 Å². The van der Waals surface area contributed by atoms with Gasteiger partial charge in [-0.15, -0.1) is 0 Å². The number of amides is 1. The van der Waals surface area contributed by atoms with Crippen LogP contribution in [0.1, 0.15) is 20.8 Å². The first-order valence-corrected chi connectivity index (χ1v) is 4.77. The number of hydrogen-bond donors (Lipinski definition) is 2. The molecule has 0 aliphatic heterocycles. The van der Waals surface area contributed by atoms with Crippen LogP contribution in [-0.4, -0.2) is 47.6 Å². The second kappa shape index (κ2) is 6.37. The number of hydrogen-bond acceptors (Lipinski definition) is 3. The molecule has 0 aromatic heterocycles. The Morgan fingerprint density at radius 1 is 1.36 bits per heavy atom. The molecule has 5 heteroatoms. The lowest BCUT2D eigenvalue weighted by atomic mass is 10.3. The Kier molecular flexibility index (Phi) is 5.87. The highest BCUT2D eigenvalue weighted by molar-refractivity contribution is 6.31. The monoisotopic (exact) mass is 202 g/mol. The number of rotatable bonds is 5. The number of nitrogens with one attached hydrogen (secondary N) is 1. The number of carbonyl (C=O) groups excluding carboxylic acids is 1. The minimum atomic E-state index is -1.43. The van der Waals surface area contributed by atoms with Gasteiger partial charge < -0.3 is 15.3 Å². The summed E-state index contributed by atoms with van der Waals surface area (Å²) >= 11 is 0. The van der Waals surface area contributed by atoms with Crippen LogP contribution in [0.25, 0.3) is 0 Å². The molecular formula is C9H18N2O3. The topological polar surface area (TPSA) is 69.6 Å². The molecule has 0 rings (SSSR count). The van der Waals surface area contributed by atoms with Crippen molar-refractivity contribution in [2.75, 3.05) is 19.6 Å². The first kappa shape index (κ1) is 12.9. The van der Waals surface area contributed by atoms with E-state index in [1.54, 1.807) is 6.92 Å². The van der Waals surface area contributed by atoms with Crippen LogP contribution in [0.2, 0.25) is 0 Å². The number of carboxylic acids is 1. The van der Waals surface area contributed by atoms with Crippen molar-refractivity contribution in [2.45, 2.75) is 26.8 Å². The Bertz CT molecular complexity index is 202. The summed E-state index contributed by atoms with van der Waals surface area (Å²) in [6.07, 6.45) is 0. The fourth-order valence-corrected chi connectivity index (χ4v) is 1.20. The van der Waals surface area contributed by atoms with Crippen molar-refractivity contribution in [1.82, 2.24) is 10.2 Å². The molecule has 0 saturated carbocycles. The number of aliphatic carboxylic acids is 1. The molecule has 0 spiro atoms. The van der Waals surface area contributed by atoms with Gasteiger partial charge in [0.2, 0.25) is 0 Å². The first-order chi connectivity index (χ1) is 6.51. The van der Waals surface area contributed by atoms with Crippen molar-refractivity contribution < 1.29 is 14.7 Å². The third-order valence-corrected chi connectivity index (χ3v) is 2.00. The number of carbonyl (C=O) groups is 2. The lowest BCUT2D eigenvalue weighted by molar-refractivity contribution is -0.150. The molecule has 0 bridgehead atoms. The zero-order chi connectivity index (χ0) is 11.1. The number of carboxylic acid groups (broad SMARTS) is 1. The van der Waals surface area contributed by atoms with E-state index in [2.05, 4.69) is 10.2 Å². The molecule has 0 saturated heterocycles. The molecule has 0 aliphatic rings. The van der Waals surface area contributed by atoms with Crippen LogP contribution >= 0.6 is 0 Å². The van der Waals surface area contributed by atoms with Gasteiger partial charge in [0.15, 0.2) is 0 Å². The minimum absolute atomic E-state index is 0.140. The molecule has 82 valence electrons. The van der Waals surface area contributed by atoms with E-state index in [4.69, 9.17) is 5.11 Å². The fraction of sp³-hybridized carbons (Fsp3) is 0.778. The maximum atomic E-state index is 10.8. The highest BCUT2D eigenvalue weighted by Crippen LogP contribution is 1.91. The van der Waals surface area contributed by atoms with Gasteiger partial charge in [0, 0.05) is 12.6 Å². The largest absolute Gasteiger partial charge is 0.474 e. The smallest absolute Gasteiger partial charge is 0.394 e. The molecule has 1 unspecified atom stereocenters. The van der Waals surface area contributed by atoms with Gasteiger partial charge >= 0.3 is 11.9 Å². The maximum absolute atomic E-state index is 10.8. The van der Waals surface area contributed by atoms with Gasteiger partial charge in [-0.25, -0.2) is 4.79 Å². The van der Waals surface area contributed by atoms with Crippen LogP contribution in [0, 0.1) is 0 Å². The van der Waals surface area contributed by atoms with E-state index >= 15 is 0 Å². The summed E-state index contributed by atoms with van der Waals surface area (Å²) in [4.78, 5) is 23.1. The molecule has 14 heavy (non-hydrogen) atoms. The van der Waals surface area contributed by atoms with E-state index in [0.29, 0.717) is 6.54 Å². The number of likely N-dealkylation sites (N-methyl/N-ethyl adjacent to an activating group) is 1. The molecule has 1 atom stereocenters. The summed E-state index contributed by atoms with van der Waals surface area (Å²) in [5, 5.41) is 10.8. The molecule has 0 aromatic rings. The average Bonchev–Trinajstić information content (AvgIpc) is 2.13. The van der Waals surface area contributed by atoms with E-state index in [1.165, 1.54) is 0 Å². The molecule has 0 fully saturated rings. The van der Waals surface area contributed by atoms with Gasteiger partial charge in [0.05, 0.1) is 0 Å². The Morgan fingerprint density at radius 2 is 1.86 bits per heavy atom. The zero-order valence-corrected chi connectivity index (χ0v) is 8.91. The maximum Gasteiger partial charge on any atom is 0.394 e. The van der Waals surface area contributed by atoms with Crippen molar-refractivity contribution in [3.8, 4) is 0 Å². The van der Waals surface area contributed by atoms with E-state index in [9.17, 15) is 9.59 Å². The summed E-state index contributed by atoms with van der Waals surface area (Å²) in [5.74, 6) is -2.37. The first-order valence-electron chi connectivity index (χ1n) is 4.77. The average molecular weight is 202 g/mol. The molecule has 2 N–H and O–H groups in total. The Labute approximate surface area is 84.1 Å². The number of nitrogens with zero attached hydrogens (tertiary/aromatic N) is 1. The molecule has 0 heterocycles. The van der Waals surface area contributed by atoms with Crippen LogP contribution in [0.5, 0.6) is 0 Å². The second-order valence-electron chi connectivity index (χ2n) is 3.17. The third kappa shape index (κ3) is 4.81. The summed E-state index contributed by atoms with van der Waals surface area (Å²) in [6.45, 7) is 8.29. The van der Waals surface area contributed by atoms with Crippen LogP contribution in [-0.2, 0) is 9.59 Å². The molecule has 0 radical (unpaired) electrons. The Balaban J connectivity index is 3.90. The standard InChI is InChI=1S/C9H18N2O3/c1-4-11(5-2)6-7(3)10-8(12)9(13)14/h7H,4-6H2,1-3H3,(H,10,12)(H,13,14). The summed E-state index contributed by atoms with van der Waals surface area (Å²) in [7, 11) is 0. The SMILES string of the molecule is CCN(CC)CC(C)NC(=O)C(=O)O. The highest BCUT2D eigenvalue weighted by Gasteiger charge is 2.15. The lowest BCUT2D eigenvalue weighted by Gasteiger charge is -2.22. The second-order valence-corrected chi connectivity index (χ2v) is 3.17. The molecule has 5 nitrogen and oxygen atoms in total. The fourth-order valence-electron chi connectivity index (χ4n) is 1.20. The van der Waals surface area contributed by atoms with Crippen molar-refractivity contribution in [3.05, 3.63) is 0 Å². The Hall–Kier alpha value is -1.10. The van der Waals surface area contributed by atoms with Crippen molar-refractivity contribution >= 4 is 11.9 Å². The minimum Gasteiger partial charge on any atom is -0.474 e. The highest BCUT2D eigenvalue weighted by atomic mass is 16.4. The third-order valence-electron chi connectivity index (χ3n) is 2.00. The van der Waals surface area contributed by atoms with Gasteiger partial charge in [-0.05, 0) is 20.0 Å². The zero-order valence-electron chi connectivity index (χ0n) is 8.91. The van der Waals surface area contributed by atoms with E-state index in [0.717, 1.165) is 13.1 Å². The van der Waals surface area contributed by atoms with Crippen LogP contribution in [0.3, 0.4) is 0 Å². The van der Waals surface area contributed by atoms with E-state index in [1.807, 2.05) is 13.8 Å². The molecule has 0 aromatic carbocycles. The van der Waals surface area contributed by atoms with Gasteiger partial charge in [-0.1, -0.05) is 13.8 Å². The quantitative estimate of drug-likeness (QED) is 0.612. The summed E-state index contributed by atoms with van der Waals surface area (Å²) < 4.78 is 0. The van der Waals surface area contributed by atoms with E-state index in [-0.39, 0.29) is 6.04 Å². The van der Waals surface area contributed by atoms with Crippen molar-refractivity contribution in [1.29, 1.82) is 0 Å². The van der Waals surface area contributed by atoms with E-state index < -0.39 is 11.9 Å². The van der Waals surface area contributed by atoms with Crippen LogP contribution < -0.4 is 5.32 Å². The molecule has 1 amide bonds. The van der Waals surface area contributed by atoms with Gasteiger partial charge in [0.1, 0.15) is 0 Å². The summed E-state index contributed by atoms with van der Waals surface area (Å²) in [6, 6.07) is -0.140. The van der Waals surface area contributed by atoms with Crippen LogP contribution in [0.4, 0.5) is 0 Å². The van der Waals surface area contributed by atoms with Crippen molar-refractivity contribution in [3.63, 3.8) is 0 Å². The van der Waals surface area contributed by atoms with Gasteiger partial charge in [-0.3, -0.25) is 4.79 Å². The predicted molar refractivity (Wildman–Crippen MR) is 53.0 cm³/mol. The molecular weight excluding hydrogens is 184 g/mol. The van der Waals surface area contributed by atoms with Gasteiger partial charge in [-0.2, -0.15) is 0 Å². The predicted octanol–water partition coefficient (Wildman–Crippen LogP) is -0.0825.